The first kappa shape index (κ1) is 16.5. The summed E-state index contributed by atoms with van der Waals surface area (Å²) in [6, 6.07) is 12.0. The summed E-state index contributed by atoms with van der Waals surface area (Å²) in [5.41, 5.74) is 1.84. The van der Waals surface area contributed by atoms with Gasteiger partial charge in [0.15, 0.2) is 6.61 Å². The fraction of sp³-hybridized carbons (Fsp3) is 0.125. The van der Waals surface area contributed by atoms with E-state index in [9.17, 15) is 9.59 Å². The molecule has 2 aromatic rings. The van der Waals surface area contributed by atoms with E-state index in [1.165, 1.54) is 0 Å². The lowest BCUT2D eigenvalue weighted by atomic mass is 10.2. The highest BCUT2D eigenvalue weighted by Gasteiger charge is 2.11. The molecule has 0 fully saturated rings. The van der Waals surface area contributed by atoms with Gasteiger partial charge in [-0.2, -0.15) is 0 Å². The Balaban J connectivity index is 1.91. The Morgan fingerprint density at radius 1 is 1.23 bits per heavy atom. The van der Waals surface area contributed by atoms with E-state index in [0.717, 1.165) is 10.0 Å². The Morgan fingerprint density at radius 2 is 2.00 bits per heavy atom. The van der Waals surface area contributed by atoms with Crippen LogP contribution in [-0.4, -0.2) is 18.5 Å². The Bertz CT molecular complexity index is 718. The lowest BCUT2D eigenvalue weighted by Crippen LogP contribution is -2.21. The minimum absolute atomic E-state index is 0.371. The molecule has 0 saturated heterocycles. The largest absolute Gasteiger partial charge is 0.452 e. The van der Waals surface area contributed by atoms with Crippen molar-refractivity contribution in [1.29, 1.82) is 0 Å². The van der Waals surface area contributed by atoms with E-state index < -0.39 is 11.9 Å². The molecule has 1 N–H and O–H groups in total. The van der Waals surface area contributed by atoms with Crippen molar-refractivity contribution in [3.63, 3.8) is 0 Å². The van der Waals surface area contributed by atoms with Gasteiger partial charge in [-0.05, 0) is 42.8 Å². The van der Waals surface area contributed by atoms with Crippen LogP contribution >= 0.6 is 27.5 Å². The first-order valence-electron chi connectivity index (χ1n) is 6.44. The van der Waals surface area contributed by atoms with E-state index in [-0.39, 0.29) is 6.61 Å². The highest BCUT2D eigenvalue weighted by molar-refractivity contribution is 9.10. The van der Waals surface area contributed by atoms with Gasteiger partial charge in [0.1, 0.15) is 0 Å². The highest BCUT2D eigenvalue weighted by Crippen LogP contribution is 2.22. The van der Waals surface area contributed by atoms with Crippen LogP contribution in [0.2, 0.25) is 5.02 Å². The average Bonchev–Trinajstić information content (AvgIpc) is 2.47. The van der Waals surface area contributed by atoms with Crippen molar-refractivity contribution in [3.05, 3.63) is 63.1 Å². The van der Waals surface area contributed by atoms with Gasteiger partial charge >= 0.3 is 5.97 Å². The Morgan fingerprint density at radius 3 is 2.68 bits per heavy atom. The van der Waals surface area contributed by atoms with Gasteiger partial charge in [-0.3, -0.25) is 4.79 Å². The quantitative estimate of drug-likeness (QED) is 0.806. The molecular weight excluding hydrogens is 370 g/mol. The normalized spacial score (nSPS) is 10.1. The van der Waals surface area contributed by atoms with Crippen LogP contribution in [0, 0.1) is 6.92 Å². The number of aryl methyl sites for hydroxylation is 1. The zero-order valence-electron chi connectivity index (χ0n) is 11.7. The predicted octanol–water partition coefficient (Wildman–Crippen LogP) is 4.21. The molecular formula is C16H13BrClNO3. The van der Waals surface area contributed by atoms with Crippen molar-refractivity contribution in [2.45, 2.75) is 6.92 Å². The number of carbonyl (C=O) groups excluding carboxylic acids is 2. The van der Waals surface area contributed by atoms with E-state index in [1.807, 2.05) is 13.0 Å². The van der Waals surface area contributed by atoms with Crippen LogP contribution in [-0.2, 0) is 9.53 Å². The second kappa shape index (κ2) is 7.42. The molecule has 0 radical (unpaired) electrons. The summed E-state index contributed by atoms with van der Waals surface area (Å²) in [7, 11) is 0. The molecule has 4 nitrogen and oxygen atoms in total. The first-order chi connectivity index (χ1) is 10.5. The lowest BCUT2D eigenvalue weighted by Gasteiger charge is -2.08. The Hall–Kier alpha value is -1.85. The van der Waals surface area contributed by atoms with Crippen molar-refractivity contribution >= 4 is 45.1 Å². The molecule has 0 aliphatic rings. The molecule has 0 bridgehead atoms. The zero-order chi connectivity index (χ0) is 16.1. The molecule has 114 valence electrons. The predicted molar refractivity (Wildman–Crippen MR) is 89.2 cm³/mol. The number of esters is 1. The van der Waals surface area contributed by atoms with Gasteiger partial charge in [-0.25, -0.2) is 4.79 Å². The van der Waals surface area contributed by atoms with Gasteiger partial charge in [-0.1, -0.05) is 39.7 Å². The van der Waals surface area contributed by atoms with Crippen LogP contribution in [0.3, 0.4) is 0 Å². The van der Waals surface area contributed by atoms with Crippen LogP contribution in [0.1, 0.15) is 15.9 Å². The minimum Gasteiger partial charge on any atom is -0.452 e. The standard InChI is InChI=1S/C16H13BrClNO3/c1-10-5-6-14(13(18)7-10)19-15(20)9-22-16(21)11-3-2-4-12(17)8-11/h2-8H,9H2,1H3,(H,19,20). The maximum atomic E-state index is 11.8. The molecule has 1 amide bonds. The summed E-state index contributed by atoms with van der Waals surface area (Å²) in [5.74, 6) is -1.01. The Kier molecular flexibility index (Phi) is 5.57. The maximum absolute atomic E-state index is 11.8. The molecule has 0 spiro atoms. The third-order valence-corrected chi connectivity index (χ3v) is 3.60. The van der Waals surface area contributed by atoms with Crippen molar-refractivity contribution in [2.75, 3.05) is 11.9 Å². The average molecular weight is 383 g/mol. The minimum atomic E-state index is -0.563. The van der Waals surface area contributed by atoms with Crippen molar-refractivity contribution < 1.29 is 14.3 Å². The summed E-state index contributed by atoms with van der Waals surface area (Å²) < 4.78 is 5.73. The maximum Gasteiger partial charge on any atom is 0.338 e. The molecule has 0 heterocycles. The fourth-order valence-electron chi connectivity index (χ4n) is 1.74. The second-order valence-corrected chi connectivity index (χ2v) is 5.94. The molecule has 0 atom stereocenters. The molecule has 0 saturated carbocycles. The van der Waals surface area contributed by atoms with Crippen LogP contribution in [0.25, 0.3) is 0 Å². The van der Waals surface area contributed by atoms with Crippen LogP contribution in [0.15, 0.2) is 46.9 Å². The fourth-order valence-corrected chi connectivity index (χ4v) is 2.42. The summed E-state index contributed by atoms with van der Waals surface area (Å²) in [5, 5.41) is 3.03. The number of rotatable bonds is 4. The van der Waals surface area contributed by atoms with E-state index in [0.29, 0.717) is 16.3 Å². The smallest absolute Gasteiger partial charge is 0.338 e. The molecule has 0 unspecified atom stereocenters. The van der Waals surface area contributed by atoms with Gasteiger partial charge in [0.2, 0.25) is 0 Å². The zero-order valence-corrected chi connectivity index (χ0v) is 14.1. The first-order valence-corrected chi connectivity index (χ1v) is 7.61. The number of hydrogen-bond donors (Lipinski definition) is 1. The summed E-state index contributed by atoms with van der Waals surface area (Å²) in [6.45, 7) is 1.52. The van der Waals surface area contributed by atoms with Gasteiger partial charge in [0.25, 0.3) is 5.91 Å². The van der Waals surface area contributed by atoms with Gasteiger partial charge in [0, 0.05) is 4.47 Å². The van der Waals surface area contributed by atoms with Crippen molar-refractivity contribution in [2.24, 2.45) is 0 Å². The number of hydrogen-bond acceptors (Lipinski definition) is 3. The highest BCUT2D eigenvalue weighted by atomic mass is 79.9. The molecule has 6 heteroatoms. The SMILES string of the molecule is Cc1ccc(NC(=O)COC(=O)c2cccc(Br)c2)c(Cl)c1. The number of ether oxygens (including phenoxy) is 1. The second-order valence-electron chi connectivity index (χ2n) is 4.62. The topological polar surface area (TPSA) is 55.4 Å². The Labute approximate surface area is 141 Å². The number of benzene rings is 2. The van der Waals surface area contributed by atoms with E-state index in [4.69, 9.17) is 16.3 Å². The van der Waals surface area contributed by atoms with Crippen LogP contribution in [0.5, 0.6) is 0 Å². The summed E-state index contributed by atoms with van der Waals surface area (Å²) >= 11 is 9.29. The van der Waals surface area contributed by atoms with Crippen molar-refractivity contribution in [3.8, 4) is 0 Å². The molecule has 0 aliphatic carbocycles. The number of nitrogens with one attached hydrogen (secondary N) is 1. The number of halogens is 2. The molecule has 22 heavy (non-hydrogen) atoms. The monoisotopic (exact) mass is 381 g/mol. The third-order valence-electron chi connectivity index (χ3n) is 2.79. The third kappa shape index (κ3) is 4.58. The number of amides is 1. The number of anilines is 1. The van der Waals surface area contributed by atoms with E-state index in [1.54, 1.807) is 36.4 Å². The van der Waals surface area contributed by atoms with Gasteiger partial charge in [-0.15, -0.1) is 0 Å². The lowest BCUT2D eigenvalue weighted by molar-refractivity contribution is -0.119. The van der Waals surface area contributed by atoms with E-state index in [2.05, 4.69) is 21.2 Å². The summed E-state index contributed by atoms with van der Waals surface area (Å²) in [4.78, 5) is 23.6. The molecule has 0 aromatic heterocycles. The van der Waals surface area contributed by atoms with Gasteiger partial charge in [0.05, 0.1) is 16.3 Å². The number of carbonyl (C=O) groups is 2. The molecule has 2 rings (SSSR count). The van der Waals surface area contributed by atoms with Crippen LogP contribution < -0.4 is 5.32 Å². The van der Waals surface area contributed by atoms with Gasteiger partial charge < -0.3 is 10.1 Å². The molecule has 2 aromatic carbocycles. The van der Waals surface area contributed by atoms with Crippen LogP contribution in [0.4, 0.5) is 5.69 Å². The van der Waals surface area contributed by atoms with E-state index >= 15 is 0 Å². The molecule has 0 aliphatic heterocycles. The van der Waals surface area contributed by atoms with Crippen molar-refractivity contribution in [1.82, 2.24) is 0 Å². The summed E-state index contributed by atoms with van der Waals surface area (Å²) in [6.07, 6.45) is 0.